The third-order valence-corrected chi connectivity index (χ3v) is 5.35. The number of alkyl carbamates (subject to hydrolysis) is 1. The van der Waals surface area contributed by atoms with Crippen LogP contribution in [-0.2, 0) is 16.0 Å². The summed E-state index contributed by atoms with van der Waals surface area (Å²) in [5, 5.41) is 15.9. The highest BCUT2D eigenvalue weighted by Crippen LogP contribution is 2.28. The molecule has 0 aliphatic carbocycles. The number of carboxylic acid groups (broad SMARTS) is 1. The second kappa shape index (κ2) is 8.81. The summed E-state index contributed by atoms with van der Waals surface area (Å²) in [6.45, 7) is 5.04. The number of nitrogens with one attached hydrogen (secondary N) is 1. The Morgan fingerprint density at radius 2 is 1.94 bits per heavy atom. The van der Waals surface area contributed by atoms with Gasteiger partial charge in [-0.25, -0.2) is 24.5 Å². The molecular formula is C18H19N5O6S2. The predicted molar refractivity (Wildman–Crippen MR) is 112 cm³/mol. The molecule has 0 spiro atoms. The van der Waals surface area contributed by atoms with Gasteiger partial charge in [0, 0.05) is 17.2 Å². The molecule has 3 rings (SSSR count). The molecule has 3 aromatic heterocycles. The SMILES string of the molecule is CC(C)(C)OC(=O)N[C@@H](Cc1nc(-c2nc(-c3nc(C(N)=O)cs3)co2)cs1)C(=O)O. The fraction of sp³-hybridized carbons (Fsp3) is 0.333. The van der Waals surface area contributed by atoms with Crippen LogP contribution in [0.25, 0.3) is 22.3 Å². The van der Waals surface area contributed by atoms with Gasteiger partial charge in [-0.15, -0.1) is 22.7 Å². The van der Waals surface area contributed by atoms with Crippen LogP contribution in [0.2, 0.25) is 0 Å². The lowest BCUT2D eigenvalue weighted by Gasteiger charge is -2.21. The molecule has 0 aromatic carbocycles. The van der Waals surface area contributed by atoms with Crippen LogP contribution in [0.4, 0.5) is 4.79 Å². The monoisotopic (exact) mass is 465 g/mol. The van der Waals surface area contributed by atoms with E-state index in [1.807, 2.05) is 0 Å². The first-order valence-electron chi connectivity index (χ1n) is 8.90. The van der Waals surface area contributed by atoms with E-state index in [9.17, 15) is 19.5 Å². The van der Waals surface area contributed by atoms with Gasteiger partial charge in [0.2, 0.25) is 5.89 Å². The number of carboxylic acids is 1. The summed E-state index contributed by atoms with van der Waals surface area (Å²) < 4.78 is 10.5. The Balaban J connectivity index is 1.70. The van der Waals surface area contributed by atoms with Gasteiger partial charge < -0.3 is 25.3 Å². The second-order valence-corrected chi connectivity index (χ2v) is 9.11. The molecule has 0 aliphatic rings. The number of carbonyl (C=O) groups excluding carboxylic acids is 2. The third-order valence-electron chi connectivity index (χ3n) is 3.62. The van der Waals surface area contributed by atoms with Gasteiger partial charge in [0.15, 0.2) is 0 Å². The highest BCUT2D eigenvalue weighted by atomic mass is 32.1. The molecule has 11 nitrogen and oxygen atoms in total. The molecule has 0 fully saturated rings. The summed E-state index contributed by atoms with van der Waals surface area (Å²) in [5.74, 6) is -1.64. The number of hydrogen-bond donors (Lipinski definition) is 3. The van der Waals surface area contributed by atoms with Crippen molar-refractivity contribution in [3.8, 4) is 22.3 Å². The van der Waals surface area contributed by atoms with Gasteiger partial charge in [-0.3, -0.25) is 4.79 Å². The first-order chi connectivity index (χ1) is 14.5. The number of oxazole rings is 1. The molecule has 0 unspecified atom stereocenters. The van der Waals surface area contributed by atoms with Crippen molar-refractivity contribution in [2.45, 2.75) is 38.8 Å². The summed E-state index contributed by atoms with van der Waals surface area (Å²) in [6, 6.07) is -1.21. The molecule has 13 heteroatoms. The minimum absolute atomic E-state index is 0.0404. The molecule has 4 N–H and O–H groups in total. The molecule has 3 heterocycles. The number of carbonyl (C=O) groups is 3. The minimum Gasteiger partial charge on any atom is -0.480 e. The van der Waals surface area contributed by atoms with Gasteiger partial charge in [0.25, 0.3) is 5.91 Å². The molecule has 0 bridgehead atoms. The first-order valence-corrected chi connectivity index (χ1v) is 10.7. The molecule has 3 aromatic rings. The average Bonchev–Trinajstić information content (AvgIpc) is 3.39. The normalized spacial score (nSPS) is 12.4. The van der Waals surface area contributed by atoms with Crippen LogP contribution >= 0.6 is 22.7 Å². The number of nitrogens with zero attached hydrogens (tertiary/aromatic N) is 3. The molecule has 2 amide bonds. The number of thiazole rings is 2. The van der Waals surface area contributed by atoms with Crippen LogP contribution in [-0.4, -0.2) is 49.7 Å². The van der Waals surface area contributed by atoms with E-state index in [1.165, 1.54) is 34.3 Å². The smallest absolute Gasteiger partial charge is 0.408 e. The Hall–Kier alpha value is -3.32. The Morgan fingerprint density at radius 3 is 2.55 bits per heavy atom. The lowest BCUT2D eigenvalue weighted by molar-refractivity contribution is -0.139. The van der Waals surface area contributed by atoms with E-state index in [-0.39, 0.29) is 18.0 Å². The van der Waals surface area contributed by atoms with E-state index in [2.05, 4.69) is 20.3 Å². The maximum Gasteiger partial charge on any atom is 0.408 e. The van der Waals surface area contributed by atoms with Crippen molar-refractivity contribution in [2.24, 2.45) is 5.73 Å². The van der Waals surface area contributed by atoms with Crippen molar-refractivity contribution < 1.29 is 28.6 Å². The van der Waals surface area contributed by atoms with Crippen LogP contribution in [0, 0.1) is 0 Å². The van der Waals surface area contributed by atoms with Gasteiger partial charge in [0.05, 0.1) is 5.01 Å². The zero-order valence-corrected chi connectivity index (χ0v) is 18.4. The number of primary amides is 1. The second-order valence-electron chi connectivity index (χ2n) is 7.31. The van der Waals surface area contributed by atoms with Crippen molar-refractivity contribution in [1.29, 1.82) is 0 Å². The molecule has 31 heavy (non-hydrogen) atoms. The van der Waals surface area contributed by atoms with Gasteiger partial charge >= 0.3 is 12.1 Å². The van der Waals surface area contributed by atoms with Crippen LogP contribution in [0.1, 0.15) is 36.3 Å². The maximum absolute atomic E-state index is 11.9. The lowest BCUT2D eigenvalue weighted by atomic mass is 10.2. The highest BCUT2D eigenvalue weighted by molar-refractivity contribution is 7.13. The molecular weight excluding hydrogens is 446 g/mol. The zero-order valence-electron chi connectivity index (χ0n) is 16.7. The summed E-state index contributed by atoms with van der Waals surface area (Å²) in [4.78, 5) is 47.4. The molecule has 164 valence electrons. The van der Waals surface area contributed by atoms with Crippen LogP contribution in [0.5, 0.6) is 0 Å². The summed E-state index contributed by atoms with van der Waals surface area (Å²) in [5.41, 5.74) is 5.40. The number of aromatic nitrogens is 3. The van der Waals surface area contributed by atoms with Gasteiger partial charge in [0.1, 0.15) is 40.0 Å². The lowest BCUT2D eigenvalue weighted by Crippen LogP contribution is -2.44. The fourth-order valence-corrected chi connectivity index (χ4v) is 3.89. The number of aliphatic carboxylic acids is 1. The topological polar surface area (TPSA) is 171 Å². The van der Waals surface area contributed by atoms with E-state index in [4.69, 9.17) is 14.9 Å². The number of nitrogens with two attached hydrogens (primary N) is 1. The number of rotatable bonds is 7. The zero-order chi connectivity index (χ0) is 22.8. The first kappa shape index (κ1) is 22.4. The Kier molecular flexibility index (Phi) is 6.36. The van der Waals surface area contributed by atoms with E-state index in [0.29, 0.717) is 21.4 Å². The molecule has 0 aliphatic heterocycles. The number of amides is 2. The fourth-order valence-electron chi connectivity index (χ4n) is 2.32. The van der Waals surface area contributed by atoms with Crippen molar-refractivity contribution >= 4 is 40.6 Å². The van der Waals surface area contributed by atoms with Crippen molar-refractivity contribution in [1.82, 2.24) is 20.3 Å². The molecule has 1 atom stereocenters. The van der Waals surface area contributed by atoms with Gasteiger partial charge in [-0.05, 0) is 20.8 Å². The standard InChI is InChI=1S/C18H19N5O6S2/c1-18(2,3)29-17(27)23-8(16(25)26)4-12-20-11(7-30-12)14-21-9(5-28-14)15-22-10(6-31-15)13(19)24/h5-8H,4H2,1-3H3,(H2,19,24)(H,23,27)(H,25,26)/t8-/m0/s1. The van der Waals surface area contributed by atoms with Crippen LogP contribution < -0.4 is 11.1 Å². The van der Waals surface area contributed by atoms with Crippen LogP contribution in [0.15, 0.2) is 21.4 Å². The molecule has 0 radical (unpaired) electrons. The average molecular weight is 466 g/mol. The number of hydrogen-bond acceptors (Lipinski definition) is 10. The van der Waals surface area contributed by atoms with Crippen molar-refractivity contribution in [3.63, 3.8) is 0 Å². The van der Waals surface area contributed by atoms with Crippen molar-refractivity contribution in [3.05, 3.63) is 27.7 Å². The minimum atomic E-state index is -1.21. The largest absolute Gasteiger partial charge is 0.480 e. The summed E-state index contributed by atoms with van der Waals surface area (Å²) in [6.07, 6.45) is 0.511. The predicted octanol–water partition coefficient (Wildman–Crippen LogP) is 2.54. The Labute approximate surface area is 184 Å². The maximum atomic E-state index is 11.9. The van der Waals surface area contributed by atoms with Gasteiger partial charge in [-0.1, -0.05) is 0 Å². The number of ether oxygens (including phenoxy) is 1. The molecule has 0 saturated heterocycles. The van der Waals surface area contributed by atoms with Gasteiger partial charge in [-0.2, -0.15) is 0 Å². The van der Waals surface area contributed by atoms with E-state index in [0.717, 1.165) is 0 Å². The summed E-state index contributed by atoms with van der Waals surface area (Å²) >= 11 is 2.40. The van der Waals surface area contributed by atoms with Crippen molar-refractivity contribution in [2.75, 3.05) is 0 Å². The Morgan fingerprint density at radius 1 is 1.19 bits per heavy atom. The third kappa shape index (κ3) is 5.86. The van der Waals surface area contributed by atoms with E-state index in [1.54, 1.807) is 26.2 Å². The van der Waals surface area contributed by atoms with E-state index < -0.39 is 29.6 Å². The quantitative estimate of drug-likeness (QED) is 0.474. The highest BCUT2D eigenvalue weighted by Gasteiger charge is 2.26. The van der Waals surface area contributed by atoms with Crippen LogP contribution in [0.3, 0.4) is 0 Å². The Bertz CT molecular complexity index is 1110. The molecule has 0 saturated carbocycles. The summed E-state index contributed by atoms with van der Waals surface area (Å²) in [7, 11) is 0. The van der Waals surface area contributed by atoms with E-state index >= 15 is 0 Å².